The molecular formula is C16H17NO3. The summed E-state index contributed by atoms with van der Waals surface area (Å²) in [5, 5.41) is 0. The number of furan rings is 1. The second kappa shape index (κ2) is 5.92. The van der Waals surface area contributed by atoms with E-state index in [9.17, 15) is 4.79 Å². The topological polar surface area (TPSA) is 42.7 Å². The summed E-state index contributed by atoms with van der Waals surface area (Å²) >= 11 is 0. The maximum absolute atomic E-state index is 12.1. The number of nitrogens with zero attached hydrogens (tertiary/aromatic N) is 1. The Labute approximate surface area is 118 Å². The summed E-state index contributed by atoms with van der Waals surface area (Å²) in [5.41, 5.74) is 1.76. The Morgan fingerprint density at radius 1 is 1.30 bits per heavy atom. The van der Waals surface area contributed by atoms with E-state index in [0.29, 0.717) is 18.7 Å². The van der Waals surface area contributed by atoms with Gasteiger partial charge < -0.3 is 14.1 Å². The molecule has 1 amide bonds. The van der Waals surface area contributed by atoms with Crippen LogP contribution in [0.4, 0.5) is 0 Å². The third kappa shape index (κ3) is 2.91. The van der Waals surface area contributed by atoms with Crippen LogP contribution in [0.2, 0.25) is 0 Å². The van der Waals surface area contributed by atoms with E-state index < -0.39 is 0 Å². The molecule has 1 saturated heterocycles. The zero-order valence-electron chi connectivity index (χ0n) is 11.2. The van der Waals surface area contributed by atoms with Gasteiger partial charge >= 0.3 is 0 Å². The molecular weight excluding hydrogens is 254 g/mol. The fraction of sp³-hybridized carbons (Fsp3) is 0.312. The molecule has 0 aliphatic carbocycles. The first kappa shape index (κ1) is 12.9. The molecule has 1 aliphatic heterocycles. The Bertz CT molecular complexity index is 550. The standard InChI is InChI=1S/C16H17NO3/c18-16(14-7-9-19-12-14)17-8-6-15(10-17)20-11-13-4-2-1-3-5-13/h1-5,7,9,12,15H,6,8,10-11H2. The van der Waals surface area contributed by atoms with Crippen molar-refractivity contribution in [3.8, 4) is 0 Å². The highest BCUT2D eigenvalue weighted by Crippen LogP contribution is 2.17. The first-order valence-corrected chi connectivity index (χ1v) is 6.80. The minimum Gasteiger partial charge on any atom is -0.472 e. The van der Waals surface area contributed by atoms with Gasteiger partial charge in [-0.1, -0.05) is 30.3 Å². The van der Waals surface area contributed by atoms with Crippen molar-refractivity contribution in [2.75, 3.05) is 13.1 Å². The third-order valence-corrected chi connectivity index (χ3v) is 3.53. The number of hydrogen-bond acceptors (Lipinski definition) is 3. The van der Waals surface area contributed by atoms with Crippen molar-refractivity contribution >= 4 is 5.91 Å². The van der Waals surface area contributed by atoms with E-state index in [1.807, 2.05) is 35.2 Å². The Kier molecular flexibility index (Phi) is 3.83. The lowest BCUT2D eigenvalue weighted by molar-refractivity contribution is 0.0437. The van der Waals surface area contributed by atoms with Crippen LogP contribution in [0.1, 0.15) is 22.3 Å². The number of carbonyl (C=O) groups is 1. The molecule has 0 bridgehead atoms. The quantitative estimate of drug-likeness (QED) is 0.858. The van der Waals surface area contributed by atoms with Gasteiger partial charge in [-0.25, -0.2) is 0 Å². The van der Waals surface area contributed by atoms with Crippen LogP contribution in [0.15, 0.2) is 53.3 Å². The van der Waals surface area contributed by atoms with Crippen LogP contribution in [0.5, 0.6) is 0 Å². The monoisotopic (exact) mass is 271 g/mol. The average molecular weight is 271 g/mol. The molecule has 1 atom stereocenters. The van der Waals surface area contributed by atoms with Gasteiger partial charge in [0.2, 0.25) is 0 Å². The summed E-state index contributed by atoms with van der Waals surface area (Å²) in [6, 6.07) is 11.8. The Balaban J connectivity index is 1.51. The van der Waals surface area contributed by atoms with Crippen molar-refractivity contribution in [3.05, 3.63) is 60.1 Å². The summed E-state index contributed by atoms with van der Waals surface area (Å²) in [6.45, 7) is 1.99. The number of benzene rings is 1. The molecule has 3 rings (SSSR count). The maximum atomic E-state index is 12.1. The molecule has 1 aliphatic rings. The SMILES string of the molecule is O=C(c1ccoc1)N1CCC(OCc2ccccc2)C1. The minimum atomic E-state index is 0.0181. The van der Waals surface area contributed by atoms with Crippen LogP contribution in [0.3, 0.4) is 0 Å². The zero-order valence-corrected chi connectivity index (χ0v) is 11.2. The van der Waals surface area contributed by atoms with Gasteiger partial charge in [-0.3, -0.25) is 4.79 Å². The van der Waals surface area contributed by atoms with Crippen LogP contribution in [-0.2, 0) is 11.3 Å². The minimum absolute atomic E-state index is 0.0181. The fourth-order valence-corrected chi connectivity index (χ4v) is 2.41. The number of hydrogen-bond donors (Lipinski definition) is 0. The van der Waals surface area contributed by atoms with Gasteiger partial charge in [-0.2, -0.15) is 0 Å². The third-order valence-electron chi connectivity index (χ3n) is 3.53. The van der Waals surface area contributed by atoms with Crippen LogP contribution >= 0.6 is 0 Å². The molecule has 1 aromatic heterocycles. The van der Waals surface area contributed by atoms with E-state index in [1.54, 1.807) is 6.07 Å². The van der Waals surface area contributed by atoms with Crippen LogP contribution in [0, 0.1) is 0 Å². The van der Waals surface area contributed by atoms with Crippen molar-refractivity contribution in [1.82, 2.24) is 4.90 Å². The van der Waals surface area contributed by atoms with Gasteiger partial charge in [0.15, 0.2) is 0 Å². The van der Waals surface area contributed by atoms with Crippen molar-refractivity contribution in [2.45, 2.75) is 19.1 Å². The Morgan fingerprint density at radius 2 is 2.15 bits per heavy atom. The van der Waals surface area contributed by atoms with Gasteiger partial charge in [0.25, 0.3) is 5.91 Å². The number of ether oxygens (including phenoxy) is 1. The molecule has 0 N–H and O–H groups in total. The molecule has 2 aromatic rings. The lowest BCUT2D eigenvalue weighted by Crippen LogP contribution is -2.29. The van der Waals surface area contributed by atoms with Crippen LogP contribution in [0.25, 0.3) is 0 Å². The van der Waals surface area contributed by atoms with Gasteiger partial charge in [0.1, 0.15) is 6.26 Å². The maximum Gasteiger partial charge on any atom is 0.257 e. The van der Waals surface area contributed by atoms with Crippen molar-refractivity contribution in [3.63, 3.8) is 0 Å². The lowest BCUT2D eigenvalue weighted by Gasteiger charge is -2.15. The van der Waals surface area contributed by atoms with Gasteiger partial charge in [-0.05, 0) is 18.1 Å². The van der Waals surface area contributed by atoms with Gasteiger partial charge in [0.05, 0.1) is 24.5 Å². The predicted octanol–water partition coefficient (Wildman–Crippen LogP) is 2.71. The van der Waals surface area contributed by atoms with E-state index in [-0.39, 0.29) is 12.0 Å². The van der Waals surface area contributed by atoms with Crippen molar-refractivity contribution < 1.29 is 13.9 Å². The first-order chi connectivity index (χ1) is 9.83. The van der Waals surface area contributed by atoms with Gasteiger partial charge in [-0.15, -0.1) is 0 Å². The van der Waals surface area contributed by atoms with Gasteiger partial charge in [0, 0.05) is 13.1 Å². The second-order valence-corrected chi connectivity index (χ2v) is 4.97. The smallest absolute Gasteiger partial charge is 0.257 e. The van der Waals surface area contributed by atoms with E-state index in [0.717, 1.165) is 18.5 Å². The van der Waals surface area contributed by atoms with E-state index in [4.69, 9.17) is 9.15 Å². The number of likely N-dealkylation sites (tertiary alicyclic amines) is 1. The second-order valence-electron chi connectivity index (χ2n) is 4.97. The summed E-state index contributed by atoms with van der Waals surface area (Å²) in [6.07, 6.45) is 4.01. The molecule has 1 aromatic carbocycles. The highest BCUT2D eigenvalue weighted by molar-refractivity contribution is 5.94. The van der Waals surface area contributed by atoms with E-state index in [1.165, 1.54) is 12.5 Å². The largest absolute Gasteiger partial charge is 0.472 e. The molecule has 104 valence electrons. The summed E-state index contributed by atoms with van der Waals surface area (Å²) in [4.78, 5) is 14.0. The van der Waals surface area contributed by atoms with E-state index >= 15 is 0 Å². The number of amides is 1. The molecule has 0 radical (unpaired) electrons. The zero-order chi connectivity index (χ0) is 13.8. The highest BCUT2D eigenvalue weighted by Gasteiger charge is 2.27. The predicted molar refractivity (Wildman–Crippen MR) is 74.2 cm³/mol. The molecule has 2 heterocycles. The van der Waals surface area contributed by atoms with E-state index in [2.05, 4.69) is 0 Å². The molecule has 1 fully saturated rings. The summed E-state index contributed by atoms with van der Waals surface area (Å²) < 4.78 is 10.8. The molecule has 0 saturated carbocycles. The summed E-state index contributed by atoms with van der Waals surface area (Å²) in [7, 11) is 0. The lowest BCUT2D eigenvalue weighted by atomic mass is 10.2. The Hall–Kier alpha value is -2.07. The van der Waals surface area contributed by atoms with Crippen molar-refractivity contribution in [2.24, 2.45) is 0 Å². The van der Waals surface area contributed by atoms with Crippen LogP contribution < -0.4 is 0 Å². The fourth-order valence-electron chi connectivity index (χ4n) is 2.41. The average Bonchev–Trinajstić information content (AvgIpc) is 3.17. The molecule has 0 spiro atoms. The Morgan fingerprint density at radius 3 is 2.90 bits per heavy atom. The van der Waals surface area contributed by atoms with Crippen molar-refractivity contribution in [1.29, 1.82) is 0 Å². The molecule has 1 unspecified atom stereocenters. The molecule has 4 heteroatoms. The molecule has 4 nitrogen and oxygen atoms in total. The molecule has 20 heavy (non-hydrogen) atoms. The highest BCUT2D eigenvalue weighted by atomic mass is 16.5. The first-order valence-electron chi connectivity index (χ1n) is 6.80. The number of carbonyl (C=O) groups excluding carboxylic acids is 1. The van der Waals surface area contributed by atoms with Crippen LogP contribution in [-0.4, -0.2) is 30.0 Å². The normalized spacial score (nSPS) is 18.4. The summed E-state index contributed by atoms with van der Waals surface area (Å²) in [5.74, 6) is 0.0181. The number of rotatable bonds is 4.